The summed E-state index contributed by atoms with van der Waals surface area (Å²) in [6, 6.07) is 0. The van der Waals surface area contributed by atoms with Crippen LogP contribution in [0.15, 0.2) is 0 Å². The van der Waals surface area contributed by atoms with Crippen LogP contribution in [0.3, 0.4) is 0 Å². The maximum Gasteiger partial charge on any atom is 0.248 e. The zero-order valence-corrected chi connectivity index (χ0v) is 9.36. The van der Waals surface area contributed by atoms with Crippen molar-refractivity contribution < 1.29 is 9.90 Å². The highest BCUT2D eigenvalue weighted by Gasteiger charge is 2.13. The summed E-state index contributed by atoms with van der Waals surface area (Å²) in [5.41, 5.74) is 0. The molecule has 0 aromatic rings. The molecule has 1 amide bonds. The zero-order chi connectivity index (χ0) is 10.3. The molecule has 0 aliphatic heterocycles. The minimum atomic E-state index is -0.841. The number of aliphatic hydroxyl groups excluding tert-OH is 1. The lowest BCUT2D eigenvalue weighted by molar-refractivity contribution is -0.129. The van der Waals surface area contributed by atoms with Crippen LogP contribution in [0.4, 0.5) is 0 Å². The van der Waals surface area contributed by atoms with E-state index < -0.39 is 6.10 Å². The lowest BCUT2D eigenvalue weighted by Gasteiger charge is -2.11. The van der Waals surface area contributed by atoms with E-state index >= 15 is 0 Å². The van der Waals surface area contributed by atoms with Gasteiger partial charge in [-0.1, -0.05) is 13.8 Å². The minimum Gasteiger partial charge on any atom is -0.383 e. The molecule has 0 aliphatic carbocycles. The molecule has 1 atom stereocenters. The maximum atomic E-state index is 11.2. The Labute approximate surface area is 84.3 Å². The average molecular weight is 205 g/mol. The fraction of sp³-hybridized carbons (Fsp3) is 0.889. The number of rotatable bonds is 6. The van der Waals surface area contributed by atoms with Crippen LogP contribution in [0, 0.1) is 5.92 Å². The van der Waals surface area contributed by atoms with E-state index in [0.29, 0.717) is 18.9 Å². The standard InChI is InChI=1S/C9H19NO2S/c1-7(2)6-10-9(12)8(11)4-5-13-3/h7-8,11H,4-6H2,1-3H3,(H,10,12)/t8-/m0/s1. The molecule has 0 spiro atoms. The highest BCUT2D eigenvalue weighted by atomic mass is 32.2. The third kappa shape index (κ3) is 6.90. The van der Waals surface area contributed by atoms with Gasteiger partial charge in [0, 0.05) is 6.54 Å². The number of aliphatic hydroxyl groups is 1. The van der Waals surface area contributed by atoms with Crippen molar-refractivity contribution in [3.63, 3.8) is 0 Å². The number of amides is 1. The van der Waals surface area contributed by atoms with Gasteiger partial charge in [0.15, 0.2) is 0 Å². The maximum absolute atomic E-state index is 11.2. The molecule has 0 fully saturated rings. The van der Waals surface area contributed by atoms with Crippen LogP contribution in [0.5, 0.6) is 0 Å². The SMILES string of the molecule is CSCC[C@H](O)C(=O)NCC(C)C. The van der Waals surface area contributed by atoms with E-state index in [1.807, 2.05) is 20.1 Å². The molecular formula is C9H19NO2S. The van der Waals surface area contributed by atoms with Crippen LogP contribution >= 0.6 is 11.8 Å². The molecule has 3 nitrogen and oxygen atoms in total. The Bertz CT molecular complexity index is 151. The van der Waals surface area contributed by atoms with Gasteiger partial charge in [-0.2, -0.15) is 11.8 Å². The molecule has 0 bridgehead atoms. The summed E-state index contributed by atoms with van der Waals surface area (Å²) >= 11 is 1.63. The van der Waals surface area contributed by atoms with Crippen molar-refractivity contribution in [2.24, 2.45) is 5.92 Å². The van der Waals surface area contributed by atoms with E-state index in [-0.39, 0.29) is 5.91 Å². The summed E-state index contributed by atoms with van der Waals surface area (Å²) in [6.45, 7) is 4.68. The first-order valence-electron chi connectivity index (χ1n) is 4.52. The molecule has 0 saturated carbocycles. The molecule has 0 aromatic carbocycles. The number of nitrogens with one attached hydrogen (secondary N) is 1. The highest BCUT2D eigenvalue weighted by Crippen LogP contribution is 2.00. The van der Waals surface area contributed by atoms with Gasteiger partial charge in [0.05, 0.1) is 0 Å². The van der Waals surface area contributed by atoms with Crippen molar-refractivity contribution in [2.75, 3.05) is 18.6 Å². The zero-order valence-electron chi connectivity index (χ0n) is 8.54. The number of hydrogen-bond acceptors (Lipinski definition) is 3. The van der Waals surface area contributed by atoms with Crippen molar-refractivity contribution in [3.05, 3.63) is 0 Å². The summed E-state index contributed by atoms with van der Waals surface area (Å²) in [4.78, 5) is 11.2. The largest absolute Gasteiger partial charge is 0.383 e. The van der Waals surface area contributed by atoms with Gasteiger partial charge in [-0.05, 0) is 24.3 Å². The monoisotopic (exact) mass is 205 g/mol. The van der Waals surface area contributed by atoms with Crippen molar-refractivity contribution in [3.8, 4) is 0 Å². The normalized spacial score (nSPS) is 13.0. The van der Waals surface area contributed by atoms with Gasteiger partial charge in [-0.3, -0.25) is 4.79 Å². The van der Waals surface area contributed by atoms with Crippen LogP contribution in [0.1, 0.15) is 20.3 Å². The number of thioether (sulfide) groups is 1. The molecule has 2 N–H and O–H groups in total. The molecule has 0 aromatic heterocycles. The Morgan fingerprint density at radius 1 is 1.54 bits per heavy atom. The second-order valence-corrected chi connectivity index (χ2v) is 4.42. The van der Waals surface area contributed by atoms with Crippen LogP contribution in [0.25, 0.3) is 0 Å². The summed E-state index contributed by atoms with van der Waals surface area (Å²) in [7, 11) is 0. The molecule has 13 heavy (non-hydrogen) atoms. The first-order valence-corrected chi connectivity index (χ1v) is 5.92. The Morgan fingerprint density at radius 3 is 2.62 bits per heavy atom. The fourth-order valence-corrected chi connectivity index (χ4v) is 1.24. The summed E-state index contributed by atoms with van der Waals surface area (Å²) < 4.78 is 0. The van der Waals surface area contributed by atoms with Crippen molar-refractivity contribution in [1.82, 2.24) is 5.32 Å². The van der Waals surface area contributed by atoms with Gasteiger partial charge in [0.2, 0.25) is 5.91 Å². The Balaban J connectivity index is 3.57. The summed E-state index contributed by atoms with van der Waals surface area (Å²) in [5.74, 6) is 0.996. The predicted molar refractivity (Wildman–Crippen MR) is 56.9 cm³/mol. The molecule has 4 heteroatoms. The predicted octanol–water partition coefficient (Wildman–Crippen LogP) is 0.873. The summed E-state index contributed by atoms with van der Waals surface area (Å²) in [5, 5.41) is 12.0. The summed E-state index contributed by atoms with van der Waals surface area (Å²) in [6.07, 6.45) is 1.65. The molecule has 0 aliphatic rings. The lowest BCUT2D eigenvalue weighted by Crippen LogP contribution is -2.36. The highest BCUT2D eigenvalue weighted by molar-refractivity contribution is 7.98. The Kier molecular flexibility index (Phi) is 7.09. The molecule has 0 saturated heterocycles. The molecular weight excluding hydrogens is 186 g/mol. The van der Waals surface area contributed by atoms with Crippen LogP contribution in [-0.4, -0.2) is 35.7 Å². The quantitative estimate of drug-likeness (QED) is 0.676. The average Bonchev–Trinajstić information content (AvgIpc) is 2.10. The molecule has 78 valence electrons. The van der Waals surface area contributed by atoms with Gasteiger partial charge in [0.25, 0.3) is 0 Å². The van der Waals surface area contributed by atoms with E-state index in [0.717, 1.165) is 5.75 Å². The van der Waals surface area contributed by atoms with Gasteiger partial charge < -0.3 is 10.4 Å². The van der Waals surface area contributed by atoms with Crippen LogP contribution < -0.4 is 5.32 Å². The van der Waals surface area contributed by atoms with Gasteiger partial charge in [-0.15, -0.1) is 0 Å². The second-order valence-electron chi connectivity index (χ2n) is 3.44. The smallest absolute Gasteiger partial charge is 0.248 e. The fourth-order valence-electron chi connectivity index (χ4n) is 0.783. The van der Waals surface area contributed by atoms with E-state index in [1.165, 1.54) is 0 Å². The third-order valence-electron chi connectivity index (χ3n) is 1.58. The Morgan fingerprint density at radius 2 is 2.15 bits per heavy atom. The first kappa shape index (κ1) is 12.8. The van der Waals surface area contributed by atoms with Crippen LogP contribution in [0.2, 0.25) is 0 Å². The van der Waals surface area contributed by atoms with Crippen molar-refractivity contribution >= 4 is 17.7 Å². The van der Waals surface area contributed by atoms with Crippen molar-refractivity contribution in [2.45, 2.75) is 26.4 Å². The number of carbonyl (C=O) groups excluding carboxylic acids is 1. The first-order chi connectivity index (χ1) is 6.07. The van der Waals surface area contributed by atoms with Gasteiger partial charge >= 0.3 is 0 Å². The van der Waals surface area contributed by atoms with Crippen LogP contribution in [-0.2, 0) is 4.79 Å². The number of hydrogen-bond donors (Lipinski definition) is 2. The third-order valence-corrected chi connectivity index (χ3v) is 2.23. The van der Waals surface area contributed by atoms with E-state index in [2.05, 4.69) is 5.32 Å². The molecule has 0 unspecified atom stereocenters. The van der Waals surface area contributed by atoms with Gasteiger partial charge in [-0.25, -0.2) is 0 Å². The van der Waals surface area contributed by atoms with E-state index in [1.54, 1.807) is 11.8 Å². The Hall–Kier alpha value is -0.220. The molecule has 0 heterocycles. The lowest BCUT2D eigenvalue weighted by atomic mass is 10.2. The minimum absolute atomic E-state index is 0.247. The molecule has 0 radical (unpaired) electrons. The van der Waals surface area contributed by atoms with E-state index in [4.69, 9.17) is 0 Å². The second kappa shape index (κ2) is 7.21. The van der Waals surface area contributed by atoms with Crippen molar-refractivity contribution in [1.29, 1.82) is 0 Å². The van der Waals surface area contributed by atoms with Gasteiger partial charge in [0.1, 0.15) is 6.10 Å². The molecule has 0 rings (SSSR count). The topological polar surface area (TPSA) is 49.3 Å². The number of carbonyl (C=O) groups is 1. The van der Waals surface area contributed by atoms with E-state index in [9.17, 15) is 9.90 Å².